The molecule has 15 heavy (non-hydrogen) atoms. The van der Waals surface area contributed by atoms with E-state index in [0.29, 0.717) is 0 Å². The molecule has 0 unspecified atom stereocenters. The first-order valence-corrected chi connectivity index (χ1v) is 7.80. The highest BCUT2D eigenvalue weighted by atomic mass is 28.4. The molecule has 0 spiro atoms. The number of hydrogen-bond donors (Lipinski definition) is 0. The molecule has 0 aromatic rings. The molecule has 0 heterocycles. The Bertz CT molecular complexity index is 96.4. The van der Waals surface area contributed by atoms with Crippen LogP contribution in [0.3, 0.4) is 0 Å². The van der Waals surface area contributed by atoms with Crippen LogP contribution in [0.5, 0.6) is 0 Å². The molecule has 5 heteroatoms. The zero-order valence-electron chi connectivity index (χ0n) is 12.2. The lowest BCUT2D eigenvalue weighted by molar-refractivity contribution is -0.849. The van der Waals surface area contributed by atoms with Crippen LogP contribution in [-0.2, 0) is 0 Å². The summed E-state index contributed by atoms with van der Waals surface area (Å²) < 4.78 is 2.00. The number of rotatable bonds is 0. The van der Waals surface area contributed by atoms with Crippen molar-refractivity contribution in [2.24, 2.45) is 0 Å². The molecule has 4 nitrogen and oxygen atoms in total. The van der Waals surface area contributed by atoms with E-state index in [-0.39, 0.29) is 0 Å². The van der Waals surface area contributed by atoms with E-state index < -0.39 is 8.56 Å². The van der Waals surface area contributed by atoms with Crippen LogP contribution in [0.1, 0.15) is 0 Å². The third-order valence-corrected chi connectivity index (χ3v) is 0. The Morgan fingerprint density at radius 1 is 0.600 bits per heavy atom. The Balaban J connectivity index is -0.000000144. The predicted molar refractivity (Wildman–Crippen MR) is 65.4 cm³/mol. The van der Waals surface area contributed by atoms with Gasteiger partial charge in [-0.3, -0.25) is 0 Å². The van der Waals surface area contributed by atoms with Crippen LogP contribution in [0, 0.1) is 0 Å². The van der Waals surface area contributed by atoms with Crippen molar-refractivity contribution < 1.29 is 18.6 Å². The zero-order valence-corrected chi connectivity index (χ0v) is 13.2. The third-order valence-electron chi connectivity index (χ3n) is 0. The smallest absolute Gasteiger partial charge is 0.0675 e. The summed E-state index contributed by atoms with van der Waals surface area (Å²) in [6, 6.07) is 0. The Labute approximate surface area is 97.2 Å². The largest absolute Gasteiger partial charge is 0.870 e. The minimum Gasteiger partial charge on any atom is -0.870 e. The summed E-state index contributed by atoms with van der Waals surface area (Å²) in [4.78, 5) is 19.4. The number of hydrogen-bond acceptors (Lipinski definition) is 2. The molecule has 0 bridgehead atoms. The van der Waals surface area contributed by atoms with Crippen molar-refractivity contribution in [2.45, 2.75) is 13.1 Å². The molecule has 0 aromatic carbocycles. The number of nitrogens with zero attached hydrogens (tertiary/aromatic N) is 2. The van der Waals surface area contributed by atoms with Gasteiger partial charge >= 0.3 is 0 Å². The van der Waals surface area contributed by atoms with E-state index in [1.54, 1.807) is 0 Å². The lowest BCUT2D eigenvalue weighted by atomic mass is 10.8. The average molecular weight is 238 g/mol. The molecule has 0 N–H and O–H groups in total. The third kappa shape index (κ3) is 632000. The highest BCUT2D eigenvalue weighted by Crippen LogP contribution is 1.74. The van der Waals surface area contributed by atoms with E-state index in [1.807, 2.05) is 0 Å². The first-order chi connectivity index (χ1) is 6.00. The van der Waals surface area contributed by atoms with Crippen LogP contribution in [0.25, 0.3) is 0 Å². The topological polar surface area (TPSA) is 46.1 Å². The Hall–Kier alpha value is 0.0569. The molecular weight excluding hydrogens is 208 g/mol. The van der Waals surface area contributed by atoms with Crippen molar-refractivity contribution in [1.82, 2.24) is 0 Å². The maximum absolute atomic E-state index is 9.69. The zero-order chi connectivity index (χ0) is 13.5. The van der Waals surface area contributed by atoms with E-state index in [2.05, 4.69) is 56.4 Å². The van der Waals surface area contributed by atoms with Gasteiger partial charge in [0.2, 0.25) is 0 Å². The Morgan fingerprint density at radius 2 is 0.600 bits per heavy atom. The van der Waals surface area contributed by atoms with E-state index in [9.17, 15) is 9.59 Å². The van der Waals surface area contributed by atoms with E-state index in [1.165, 1.54) is 13.1 Å². The summed E-state index contributed by atoms with van der Waals surface area (Å²) in [7, 11) is 13.9. The predicted octanol–water partition coefficient (Wildman–Crippen LogP) is -0.946. The summed E-state index contributed by atoms with van der Waals surface area (Å²) in [6.07, 6.45) is 0. The highest BCUT2D eigenvalue weighted by molar-refractivity contribution is 6.57. The molecule has 0 saturated carbocycles. The van der Waals surface area contributed by atoms with Crippen molar-refractivity contribution in [3.8, 4) is 0 Å². The van der Waals surface area contributed by atoms with Gasteiger partial charge in [-0.1, -0.05) is 0 Å². The lowest BCUT2D eigenvalue weighted by Crippen LogP contribution is -2.56. The molecule has 0 aromatic heterocycles. The lowest BCUT2D eigenvalue weighted by Gasteiger charge is -2.37. The summed E-state index contributed by atoms with van der Waals surface area (Å²) in [5.74, 6) is 0. The van der Waals surface area contributed by atoms with Crippen LogP contribution < -0.4 is 9.59 Å². The van der Waals surface area contributed by atoms with E-state index >= 15 is 0 Å². The summed E-state index contributed by atoms with van der Waals surface area (Å²) in [5, 5.41) is 0. The van der Waals surface area contributed by atoms with E-state index in [4.69, 9.17) is 0 Å². The molecule has 0 atom stereocenters. The van der Waals surface area contributed by atoms with Gasteiger partial charge in [-0.05, 0) is 0 Å². The van der Waals surface area contributed by atoms with Gasteiger partial charge in [-0.25, -0.2) is 0 Å². The minimum atomic E-state index is -3.11. The standard InChI is InChI=1S/2C4H12N.C2H6O2Si/c3*1-5(2,3)4/h2*1-4H3;1-2H3/q2*+1;-2. The van der Waals surface area contributed by atoms with Gasteiger partial charge < -0.3 is 18.6 Å². The molecular formula is C10H30N2O2Si. The second-order valence-electron chi connectivity index (χ2n) is 6.77. The molecule has 0 fully saturated rings. The fourth-order valence-corrected chi connectivity index (χ4v) is 0. The normalized spacial score (nSPS) is 12.0. The minimum absolute atomic E-state index is 1.00. The maximum atomic E-state index is 9.69. The molecule has 0 radical (unpaired) electrons. The Kier molecular flexibility index (Phi) is 10.0. The number of quaternary nitrogens is 2. The quantitative estimate of drug-likeness (QED) is 0.404. The second kappa shape index (κ2) is 7.35. The molecule has 0 aliphatic rings. The van der Waals surface area contributed by atoms with Crippen LogP contribution in [0.2, 0.25) is 13.1 Å². The van der Waals surface area contributed by atoms with Crippen molar-refractivity contribution in [2.75, 3.05) is 56.4 Å². The molecule has 0 aliphatic carbocycles. The molecule has 0 aliphatic heterocycles. The summed E-state index contributed by atoms with van der Waals surface area (Å²) >= 11 is 0. The van der Waals surface area contributed by atoms with Gasteiger partial charge in [0, 0.05) is 0 Å². The van der Waals surface area contributed by atoms with Gasteiger partial charge in [0.25, 0.3) is 0 Å². The first-order valence-electron chi connectivity index (χ1n) is 4.99. The SMILES string of the molecule is C[N+](C)(C)C.C[N+](C)(C)C.C[Si](C)([O-])[O-]. The fourth-order valence-electron chi connectivity index (χ4n) is 0. The van der Waals surface area contributed by atoms with Crippen molar-refractivity contribution in [3.63, 3.8) is 0 Å². The molecule has 0 rings (SSSR count). The molecule has 96 valence electrons. The van der Waals surface area contributed by atoms with Crippen LogP contribution >= 0.6 is 0 Å². The van der Waals surface area contributed by atoms with Crippen molar-refractivity contribution >= 4 is 8.56 Å². The van der Waals surface area contributed by atoms with Crippen LogP contribution in [-0.4, -0.2) is 73.9 Å². The fraction of sp³-hybridized carbons (Fsp3) is 1.00. The van der Waals surface area contributed by atoms with E-state index in [0.717, 1.165) is 8.97 Å². The first kappa shape index (κ1) is 20.5. The van der Waals surface area contributed by atoms with Gasteiger partial charge in [0.1, 0.15) is 0 Å². The monoisotopic (exact) mass is 238 g/mol. The van der Waals surface area contributed by atoms with Gasteiger partial charge in [0.05, 0.1) is 56.4 Å². The summed E-state index contributed by atoms with van der Waals surface area (Å²) in [5.41, 5.74) is 0. The van der Waals surface area contributed by atoms with Gasteiger partial charge in [-0.15, -0.1) is 13.1 Å². The average Bonchev–Trinajstić information content (AvgIpc) is 1.41. The van der Waals surface area contributed by atoms with Gasteiger partial charge in [0.15, 0.2) is 0 Å². The van der Waals surface area contributed by atoms with Crippen LogP contribution in [0.15, 0.2) is 0 Å². The molecule has 0 saturated heterocycles. The second-order valence-corrected chi connectivity index (χ2v) is 9.57. The molecule has 0 amide bonds. The maximum Gasteiger partial charge on any atom is 0.0675 e. The van der Waals surface area contributed by atoms with Gasteiger partial charge in [-0.2, -0.15) is 8.56 Å². The summed E-state index contributed by atoms with van der Waals surface area (Å²) in [6.45, 7) is 2.43. The van der Waals surface area contributed by atoms with Crippen molar-refractivity contribution in [3.05, 3.63) is 0 Å². The van der Waals surface area contributed by atoms with Crippen LogP contribution in [0.4, 0.5) is 0 Å². The Morgan fingerprint density at radius 3 is 0.600 bits per heavy atom. The highest BCUT2D eigenvalue weighted by Gasteiger charge is 1.88. The van der Waals surface area contributed by atoms with Crippen molar-refractivity contribution in [1.29, 1.82) is 0 Å².